The van der Waals surface area contributed by atoms with E-state index in [-0.39, 0.29) is 0 Å². The van der Waals surface area contributed by atoms with E-state index in [1.54, 1.807) is 18.9 Å². The first-order chi connectivity index (χ1) is 8.69. The molecule has 5 nitrogen and oxygen atoms in total. The Morgan fingerprint density at radius 2 is 1.94 bits per heavy atom. The molecular weight excluding hydrogens is 230 g/mol. The summed E-state index contributed by atoms with van der Waals surface area (Å²) in [5, 5.41) is 4.42. The quantitative estimate of drug-likeness (QED) is 0.899. The minimum absolute atomic E-state index is 0.657. The average molecular weight is 247 g/mol. The summed E-state index contributed by atoms with van der Waals surface area (Å²) in [4.78, 5) is 0. The monoisotopic (exact) mass is 247 g/mol. The van der Waals surface area contributed by atoms with Crippen LogP contribution in [0.5, 0.6) is 11.5 Å². The van der Waals surface area contributed by atoms with Crippen molar-refractivity contribution in [3.05, 3.63) is 24.4 Å². The Kier molecular flexibility index (Phi) is 3.41. The third-order valence-electron chi connectivity index (χ3n) is 2.77. The lowest BCUT2D eigenvalue weighted by molar-refractivity contribution is 0.355. The van der Waals surface area contributed by atoms with Crippen LogP contribution in [0, 0.1) is 0 Å². The van der Waals surface area contributed by atoms with Gasteiger partial charge in [0.25, 0.3) is 0 Å². The molecule has 0 saturated carbocycles. The van der Waals surface area contributed by atoms with E-state index >= 15 is 0 Å². The molecule has 0 aliphatic heterocycles. The smallest absolute Gasteiger partial charge is 0.161 e. The van der Waals surface area contributed by atoms with Gasteiger partial charge in [-0.3, -0.25) is 4.68 Å². The molecule has 0 spiro atoms. The summed E-state index contributed by atoms with van der Waals surface area (Å²) in [7, 11) is 3.22. The van der Waals surface area contributed by atoms with Crippen molar-refractivity contribution in [2.24, 2.45) is 0 Å². The first-order valence-electron chi connectivity index (χ1n) is 5.75. The number of ether oxygens (including phenoxy) is 2. The molecule has 0 unspecified atom stereocenters. The molecule has 2 aromatic rings. The van der Waals surface area contributed by atoms with Crippen LogP contribution in [0.3, 0.4) is 0 Å². The number of aryl methyl sites for hydroxylation is 1. The van der Waals surface area contributed by atoms with Gasteiger partial charge >= 0.3 is 0 Å². The van der Waals surface area contributed by atoms with Gasteiger partial charge in [0.2, 0.25) is 0 Å². The fourth-order valence-corrected chi connectivity index (χ4v) is 1.81. The summed E-state index contributed by atoms with van der Waals surface area (Å²) in [5.74, 6) is 1.36. The van der Waals surface area contributed by atoms with Crippen molar-refractivity contribution in [1.29, 1.82) is 0 Å². The second-order valence-corrected chi connectivity index (χ2v) is 3.86. The summed E-state index contributed by atoms with van der Waals surface area (Å²) in [6.07, 6.45) is 1.83. The zero-order valence-electron chi connectivity index (χ0n) is 10.8. The van der Waals surface area contributed by atoms with Crippen LogP contribution < -0.4 is 15.2 Å². The lowest BCUT2D eigenvalue weighted by atomic mass is 10.1. The van der Waals surface area contributed by atoms with Gasteiger partial charge in [0.05, 0.1) is 19.9 Å². The topological polar surface area (TPSA) is 62.3 Å². The molecule has 96 valence electrons. The van der Waals surface area contributed by atoms with Crippen LogP contribution in [0.4, 0.5) is 5.69 Å². The Morgan fingerprint density at radius 1 is 1.22 bits per heavy atom. The molecule has 1 aromatic heterocycles. The number of benzene rings is 1. The molecule has 0 bridgehead atoms. The average Bonchev–Trinajstić information content (AvgIpc) is 2.79. The van der Waals surface area contributed by atoms with Gasteiger partial charge in [-0.15, -0.1) is 0 Å². The van der Waals surface area contributed by atoms with Gasteiger partial charge in [-0.25, -0.2) is 0 Å². The van der Waals surface area contributed by atoms with Crippen molar-refractivity contribution in [2.75, 3.05) is 20.0 Å². The molecule has 1 aromatic carbocycles. The number of nitrogen functional groups attached to an aromatic ring is 1. The highest BCUT2D eigenvalue weighted by Crippen LogP contribution is 2.33. The largest absolute Gasteiger partial charge is 0.493 e. The number of rotatable bonds is 4. The van der Waals surface area contributed by atoms with E-state index in [0.29, 0.717) is 17.2 Å². The van der Waals surface area contributed by atoms with Crippen LogP contribution in [0.25, 0.3) is 11.3 Å². The maximum atomic E-state index is 5.96. The number of anilines is 1. The minimum atomic E-state index is 0.657. The molecule has 0 fully saturated rings. The van der Waals surface area contributed by atoms with Gasteiger partial charge in [-0.05, 0) is 25.1 Å². The Bertz CT molecular complexity index is 549. The van der Waals surface area contributed by atoms with Gasteiger partial charge in [0.15, 0.2) is 11.5 Å². The summed E-state index contributed by atoms with van der Waals surface area (Å²) in [6.45, 7) is 2.81. The Labute approximate surface area is 106 Å². The van der Waals surface area contributed by atoms with Crippen LogP contribution in [0.2, 0.25) is 0 Å². The molecule has 0 amide bonds. The van der Waals surface area contributed by atoms with Crippen LogP contribution >= 0.6 is 0 Å². The molecule has 0 aliphatic carbocycles. The molecule has 18 heavy (non-hydrogen) atoms. The number of hydrogen-bond donors (Lipinski definition) is 1. The molecule has 2 rings (SSSR count). The third-order valence-corrected chi connectivity index (χ3v) is 2.77. The summed E-state index contributed by atoms with van der Waals surface area (Å²) < 4.78 is 12.3. The predicted molar refractivity (Wildman–Crippen MR) is 70.9 cm³/mol. The first kappa shape index (κ1) is 12.3. The summed E-state index contributed by atoms with van der Waals surface area (Å²) >= 11 is 0. The van der Waals surface area contributed by atoms with E-state index in [0.717, 1.165) is 17.8 Å². The lowest BCUT2D eigenvalue weighted by Crippen LogP contribution is -1.95. The van der Waals surface area contributed by atoms with E-state index in [9.17, 15) is 0 Å². The molecule has 5 heteroatoms. The zero-order valence-corrected chi connectivity index (χ0v) is 10.8. The third kappa shape index (κ3) is 2.11. The molecule has 2 N–H and O–H groups in total. The van der Waals surface area contributed by atoms with E-state index in [2.05, 4.69) is 5.10 Å². The van der Waals surface area contributed by atoms with Crippen molar-refractivity contribution >= 4 is 5.69 Å². The van der Waals surface area contributed by atoms with Crippen molar-refractivity contribution in [2.45, 2.75) is 13.5 Å². The fourth-order valence-electron chi connectivity index (χ4n) is 1.81. The number of aromatic nitrogens is 2. The SMILES string of the molecule is CCn1cc(N)c(-c2ccc(OC)c(OC)c2)n1. The summed E-state index contributed by atoms with van der Waals surface area (Å²) in [6, 6.07) is 5.64. The van der Waals surface area contributed by atoms with Crippen LogP contribution in [0.15, 0.2) is 24.4 Å². The van der Waals surface area contributed by atoms with Gasteiger partial charge < -0.3 is 15.2 Å². The molecular formula is C13H17N3O2. The Balaban J connectivity index is 2.47. The van der Waals surface area contributed by atoms with E-state index < -0.39 is 0 Å². The van der Waals surface area contributed by atoms with Crippen LogP contribution in [-0.4, -0.2) is 24.0 Å². The number of methoxy groups -OCH3 is 2. The molecule has 0 aliphatic rings. The van der Waals surface area contributed by atoms with E-state index in [1.807, 2.05) is 31.3 Å². The van der Waals surface area contributed by atoms with Crippen molar-refractivity contribution < 1.29 is 9.47 Å². The van der Waals surface area contributed by atoms with Crippen LogP contribution in [0.1, 0.15) is 6.92 Å². The highest BCUT2D eigenvalue weighted by Gasteiger charge is 2.11. The van der Waals surface area contributed by atoms with Gasteiger partial charge in [0, 0.05) is 18.3 Å². The summed E-state index contributed by atoms with van der Waals surface area (Å²) in [5.41, 5.74) is 8.29. The predicted octanol–water partition coefficient (Wildman–Crippen LogP) is 2.17. The normalized spacial score (nSPS) is 10.4. The van der Waals surface area contributed by atoms with Crippen LogP contribution in [-0.2, 0) is 6.54 Å². The number of hydrogen-bond acceptors (Lipinski definition) is 4. The molecule has 1 heterocycles. The Morgan fingerprint density at radius 3 is 2.50 bits per heavy atom. The molecule has 0 radical (unpaired) electrons. The van der Waals surface area contributed by atoms with E-state index in [1.165, 1.54) is 0 Å². The minimum Gasteiger partial charge on any atom is -0.493 e. The fraction of sp³-hybridized carbons (Fsp3) is 0.308. The van der Waals surface area contributed by atoms with E-state index in [4.69, 9.17) is 15.2 Å². The maximum Gasteiger partial charge on any atom is 0.161 e. The zero-order chi connectivity index (χ0) is 13.1. The van der Waals surface area contributed by atoms with Gasteiger partial charge in [0.1, 0.15) is 5.69 Å². The number of nitrogens with two attached hydrogens (primary N) is 1. The second kappa shape index (κ2) is 5.00. The molecule has 0 atom stereocenters. The molecule has 0 saturated heterocycles. The highest BCUT2D eigenvalue weighted by molar-refractivity contribution is 5.74. The Hall–Kier alpha value is -2.17. The second-order valence-electron chi connectivity index (χ2n) is 3.86. The van der Waals surface area contributed by atoms with Crippen molar-refractivity contribution in [3.8, 4) is 22.8 Å². The van der Waals surface area contributed by atoms with Crippen molar-refractivity contribution in [1.82, 2.24) is 9.78 Å². The van der Waals surface area contributed by atoms with Crippen molar-refractivity contribution in [3.63, 3.8) is 0 Å². The highest BCUT2D eigenvalue weighted by atomic mass is 16.5. The maximum absolute atomic E-state index is 5.96. The first-order valence-corrected chi connectivity index (χ1v) is 5.75. The number of nitrogens with zero attached hydrogens (tertiary/aromatic N) is 2. The standard InChI is InChI=1S/C13H17N3O2/c1-4-16-8-10(14)13(15-16)9-5-6-11(17-2)12(7-9)18-3/h5-8H,4,14H2,1-3H3. The lowest BCUT2D eigenvalue weighted by Gasteiger charge is -2.08. The van der Waals surface area contributed by atoms with Gasteiger partial charge in [-0.1, -0.05) is 0 Å². The van der Waals surface area contributed by atoms with Gasteiger partial charge in [-0.2, -0.15) is 5.10 Å².